The lowest BCUT2D eigenvalue weighted by Gasteiger charge is -2.41. The Hall–Kier alpha value is -1.36. The lowest BCUT2D eigenvalue weighted by atomic mass is 9.67. The molecule has 0 atom stereocenters. The van der Waals surface area contributed by atoms with Crippen molar-refractivity contribution in [2.45, 2.75) is 52.1 Å². The molecular weight excluding hydrogens is 268 g/mol. The number of aliphatic hydroxyl groups is 1. The number of rotatable bonds is 3. The van der Waals surface area contributed by atoms with Crippen molar-refractivity contribution in [3.05, 3.63) is 11.9 Å². The molecule has 1 saturated carbocycles. The Morgan fingerprint density at radius 3 is 2.29 bits per heavy atom. The molecule has 0 radical (unpaired) electrons. The van der Waals surface area contributed by atoms with Gasteiger partial charge in [-0.05, 0) is 37.0 Å². The molecule has 0 bridgehead atoms. The van der Waals surface area contributed by atoms with Crippen LogP contribution in [0.15, 0.2) is 6.20 Å². The van der Waals surface area contributed by atoms with Crippen molar-refractivity contribution in [2.75, 3.05) is 14.2 Å². The first-order chi connectivity index (χ1) is 9.80. The summed E-state index contributed by atoms with van der Waals surface area (Å²) in [7, 11) is 3.07. The number of hydrogen-bond donors (Lipinski definition) is 1. The fraction of sp³-hybridized carbons (Fsp3) is 0.750. The van der Waals surface area contributed by atoms with E-state index in [4.69, 9.17) is 9.47 Å². The minimum absolute atomic E-state index is 0.275. The maximum Gasteiger partial charge on any atom is 0.241 e. The highest BCUT2D eigenvalue weighted by atomic mass is 16.5. The van der Waals surface area contributed by atoms with Crippen LogP contribution in [-0.4, -0.2) is 29.3 Å². The van der Waals surface area contributed by atoms with Gasteiger partial charge in [0.25, 0.3) is 0 Å². The first kappa shape index (κ1) is 16.0. The first-order valence-electron chi connectivity index (χ1n) is 7.48. The van der Waals surface area contributed by atoms with Crippen molar-refractivity contribution in [3.8, 4) is 11.8 Å². The van der Waals surface area contributed by atoms with E-state index in [-0.39, 0.29) is 5.41 Å². The van der Waals surface area contributed by atoms with Crippen LogP contribution in [-0.2, 0) is 5.60 Å². The maximum atomic E-state index is 11.0. The Kier molecular flexibility index (Phi) is 4.42. The summed E-state index contributed by atoms with van der Waals surface area (Å²) >= 11 is 0. The average Bonchev–Trinajstić information content (AvgIpc) is 2.46. The van der Waals surface area contributed by atoms with Gasteiger partial charge in [-0.25, -0.2) is 4.98 Å². The molecule has 5 nitrogen and oxygen atoms in total. The number of nitrogens with zero attached hydrogens (tertiary/aromatic N) is 2. The van der Waals surface area contributed by atoms with Crippen LogP contribution in [0.2, 0.25) is 0 Å². The number of ether oxygens (including phenoxy) is 2. The molecule has 2 rings (SSSR count). The van der Waals surface area contributed by atoms with E-state index >= 15 is 0 Å². The van der Waals surface area contributed by atoms with Crippen molar-refractivity contribution in [2.24, 2.45) is 11.3 Å². The second-order valence-corrected chi connectivity index (χ2v) is 6.94. The summed E-state index contributed by atoms with van der Waals surface area (Å²) in [6, 6.07) is 0. The third kappa shape index (κ3) is 3.28. The van der Waals surface area contributed by atoms with Crippen molar-refractivity contribution in [1.29, 1.82) is 0 Å². The van der Waals surface area contributed by atoms with Gasteiger partial charge in [0, 0.05) is 0 Å². The summed E-state index contributed by atoms with van der Waals surface area (Å²) in [4.78, 5) is 8.57. The molecule has 1 aromatic rings. The van der Waals surface area contributed by atoms with Gasteiger partial charge >= 0.3 is 0 Å². The second kappa shape index (κ2) is 5.79. The van der Waals surface area contributed by atoms with Gasteiger partial charge in [-0.15, -0.1) is 0 Å². The van der Waals surface area contributed by atoms with Crippen molar-refractivity contribution in [3.63, 3.8) is 0 Å². The smallest absolute Gasteiger partial charge is 0.241 e. The Bertz CT molecular complexity index is 489. The van der Waals surface area contributed by atoms with E-state index in [9.17, 15) is 5.11 Å². The van der Waals surface area contributed by atoms with Crippen LogP contribution in [0.1, 0.15) is 52.1 Å². The molecule has 1 aromatic heterocycles. The van der Waals surface area contributed by atoms with Crippen LogP contribution < -0.4 is 9.47 Å². The second-order valence-electron chi connectivity index (χ2n) is 6.94. The predicted octanol–water partition coefficient (Wildman–Crippen LogP) is 2.92. The van der Waals surface area contributed by atoms with E-state index in [1.807, 2.05) is 0 Å². The van der Waals surface area contributed by atoms with Crippen LogP contribution in [0.3, 0.4) is 0 Å². The van der Waals surface area contributed by atoms with Crippen LogP contribution in [0.25, 0.3) is 0 Å². The lowest BCUT2D eigenvalue weighted by molar-refractivity contribution is -0.0352. The molecule has 1 fully saturated rings. The highest BCUT2D eigenvalue weighted by Gasteiger charge is 2.41. The van der Waals surface area contributed by atoms with E-state index in [1.54, 1.807) is 0 Å². The van der Waals surface area contributed by atoms with Gasteiger partial charge in [-0.1, -0.05) is 20.8 Å². The minimum atomic E-state index is -0.952. The molecule has 0 amide bonds. The van der Waals surface area contributed by atoms with E-state index in [2.05, 4.69) is 30.7 Å². The molecule has 0 unspecified atom stereocenters. The number of methoxy groups -OCH3 is 2. The fourth-order valence-electron chi connectivity index (χ4n) is 3.11. The summed E-state index contributed by atoms with van der Waals surface area (Å²) in [5, 5.41) is 11.0. The molecule has 5 heteroatoms. The van der Waals surface area contributed by atoms with E-state index in [0.29, 0.717) is 36.2 Å². The van der Waals surface area contributed by atoms with Gasteiger partial charge in [0.1, 0.15) is 11.3 Å². The van der Waals surface area contributed by atoms with Gasteiger partial charge < -0.3 is 14.6 Å². The standard InChI is InChI=1S/C16H26N2O3/c1-15(2,3)11-6-8-16(19,9-7-11)13-14(21-5)18-12(20-4)10-17-13/h10-11,19H,6-9H2,1-5H3. The monoisotopic (exact) mass is 294 g/mol. The van der Waals surface area contributed by atoms with Gasteiger partial charge in [0.2, 0.25) is 11.8 Å². The van der Waals surface area contributed by atoms with Crippen LogP contribution in [0, 0.1) is 11.3 Å². The molecule has 1 heterocycles. The molecule has 118 valence electrons. The number of aromatic nitrogens is 2. The summed E-state index contributed by atoms with van der Waals surface area (Å²) in [6.07, 6.45) is 4.87. The summed E-state index contributed by atoms with van der Waals surface area (Å²) in [6.45, 7) is 6.78. The third-order valence-corrected chi connectivity index (χ3v) is 4.60. The summed E-state index contributed by atoms with van der Waals surface area (Å²) < 4.78 is 10.3. The van der Waals surface area contributed by atoms with Gasteiger partial charge in [0.05, 0.1) is 20.4 Å². The molecule has 1 N–H and O–H groups in total. The third-order valence-electron chi connectivity index (χ3n) is 4.60. The summed E-state index contributed by atoms with van der Waals surface area (Å²) in [5.74, 6) is 1.36. The van der Waals surface area contributed by atoms with Gasteiger partial charge in [-0.3, -0.25) is 0 Å². The molecule has 1 aliphatic carbocycles. The highest BCUT2D eigenvalue weighted by Crippen LogP contribution is 2.46. The van der Waals surface area contributed by atoms with E-state index in [0.717, 1.165) is 12.8 Å². The largest absolute Gasteiger partial charge is 0.480 e. The zero-order valence-corrected chi connectivity index (χ0v) is 13.6. The highest BCUT2D eigenvalue weighted by molar-refractivity contribution is 5.28. The maximum absolute atomic E-state index is 11.0. The number of hydrogen-bond acceptors (Lipinski definition) is 5. The Morgan fingerprint density at radius 1 is 1.19 bits per heavy atom. The van der Waals surface area contributed by atoms with Crippen molar-refractivity contribution in [1.82, 2.24) is 9.97 Å². The molecule has 0 aliphatic heterocycles. The minimum Gasteiger partial charge on any atom is -0.480 e. The van der Waals surface area contributed by atoms with Crippen molar-refractivity contribution < 1.29 is 14.6 Å². The van der Waals surface area contributed by atoms with Crippen molar-refractivity contribution >= 4 is 0 Å². The molecule has 0 saturated heterocycles. The fourth-order valence-corrected chi connectivity index (χ4v) is 3.11. The van der Waals surface area contributed by atoms with E-state index in [1.165, 1.54) is 20.4 Å². The predicted molar refractivity (Wildman–Crippen MR) is 80.4 cm³/mol. The lowest BCUT2D eigenvalue weighted by Crippen LogP contribution is -2.36. The van der Waals surface area contributed by atoms with E-state index < -0.39 is 5.60 Å². The zero-order valence-electron chi connectivity index (χ0n) is 13.6. The normalized spacial score (nSPS) is 26.5. The van der Waals surface area contributed by atoms with Crippen LogP contribution in [0.4, 0.5) is 0 Å². The molecule has 21 heavy (non-hydrogen) atoms. The van der Waals surface area contributed by atoms with Crippen LogP contribution in [0.5, 0.6) is 11.8 Å². The van der Waals surface area contributed by atoms with Gasteiger partial charge in [-0.2, -0.15) is 4.98 Å². The molecule has 1 aliphatic rings. The SMILES string of the molecule is COc1cnc(C2(O)CCC(C(C)(C)C)CC2)c(OC)n1. The Morgan fingerprint density at radius 2 is 1.81 bits per heavy atom. The topological polar surface area (TPSA) is 64.5 Å². The Labute approximate surface area is 126 Å². The molecule has 0 spiro atoms. The zero-order chi connectivity index (χ0) is 15.7. The quantitative estimate of drug-likeness (QED) is 0.928. The Balaban J connectivity index is 2.22. The molecule has 0 aromatic carbocycles. The van der Waals surface area contributed by atoms with Gasteiger partial charge in [0.15, 0.2) is 0 Å². The van der Waals surface area contributed by atoms with Crippen LogP contribution >= 0.6 is 0 Å². The summed E-state index contributed by atoms with van der Waals surface area (Å²) in [5.41, 5.74) is -0.151. The molecular formula is C16H26N2O3. The average molecular weight is 294 g/mol. The first-order valence-corrected chi connectivity index (χ1v) is 7.48.